The monoisotopic (exact) mass is 336 g/mol. The molecule has 108 valence electrons. The Hall–Kier alpha value is -1.05. The van der Waals surface area contributed by atoms with Crippen LogP contribution < -0.4 is 10.1 Å². The third-order valence-corrected chi connectivity index (χ3v) is 3.96. The third kappa shape index (κ3) is 4.81. The van der Waals surface area contributed by atoms with E-state index < -0.39 is 0 Å². The van der Waals surface area contributed by atoms with Crippen LogP contribution in [0.5, 0.6) is 5.75 Å². The fraction of sp³-hybridized carbons (Fsp3) is 0.562. The zero-order chi connectivity index (χ0) is 14.6. The van der Waals surface area contributed by atoms with Crippen molar-refractivity contribution in [3.63, 3.8) is 0 Å². The first-order valence-electron chi connectivity index (χ1n) is 7.06. The van der Waals surface area contributed by atoms with Crippen LogP contribution in [0.1, 0.15) is 38.7 Å². The lowest BCUT2D eigenvalue weighted by Crippen LogP contribution is -2.17. The van der Waals surface area contributed by atoms with E-state index >= 15 is 0 Å². The first-order valence-corrected chi connectivity index (χ1v) is 7.85. The van der Waals surface area contributed by atoms with Crippen molar-refractivity contribution in [1.29, 1.82) is 5.26 Å². The molecule has 2 rings (SSSR count). The van der Waals surface area contributed by atoms with Gasteiger partial charge < -0.3 is 10.1 Å². The molecule has 1 N–H and O–H groups in total. The smallest absolute Gasteiger partial charge is 0.123 e. The van der Waals surface area contributed by atoms with E-state index in [9.17, 15) is 0 Å². The second kappa shape index (κ2) is 6.60. The van der Waals surface area contributed by atoms with Crippen LogP contribution in [0.3, 0.4) is 0 Å². The second-order valence-electron chi connectivity index (χ2n) is 6.00. The van der Waals surface area contributed by atoms with E-state index in [1.54, 1.807) is 0 Å². The van der Waals surface area contributed by atoms with E-state index in [4.69, 9.17) is 10.00 Å². The molecule has 0 atom stereocenters. The summed E-state index contributed by atoms with van der Waals surface area (Å²) in [5.41, 5.74) is 0.836. The second-order valence-corrected chi connectivity index (χ2v) is 6.92. The fourth-order valence-corrected chi connectivity index (χ4v) is 2.25. The molecule has 1 aromatic rings. The lowest BCUT2D eigenvalue weighted by Gasteiger charge is -2.17. The molecule has 0 amide bonds. The molecule has 1 aromatic carbocycles. The number of nitrogens with one attached hydrogen (secondary N) is 1. The highest BCUT2D eigenvalue weighted by Crippen LogP contribution is 2.26. The van der Waals surface area contributed by atoms with Gasteiger partial charge in [-0.3, -0.25) is 0 Å². The highest BCUT2D eigenvalue weighted by Gasteiger charge is 2.21. The summed E-state index contributed by atoms with van der Waals surface area (Å²) < 4.78 is 6.94. The minimum Gasteiger partial charge on any atom is -0.493 e. The summed E-state index contributed by atoms with van der Waals surface area (Å²) in [5.74, 6) is 0.912. The van der Waals surface area contributed by atoms with Gasteiger partial charge in [-0.05, 0) is 51.3 Å². The molecule has 1 aliphatic carbocycles. The Morgan fingerprint density at radius 1 is 1.45 bits per heavy atom. The zero-order valence-corrected chi connectivity index (χ0v) is 13.7. The largest absolute Gasteiger partial charge is 0.493 e. The van der Waals surface area contributed by atoms with Gasteiger partial charge in [0.2, 0.25) is 0 Å². The highest BCUT2D eigenvalue weighted by atomic mass is 79.9. The topological polar surface area (TPSA) is 45.0 Å². The maximum absolute atomic E-state index is 9.01. The number of ether oxygens (including phenoxy) is 1. The van der Waals surface area contributed by atoms with Crippen LogP contribution >= 0.6 is 15.9 Å². The van der Waals surface area contributed by atoms with Gasteiger partial charge in [-0.15, -0.1) is 0 Å². The SMILES string of the molecule is CC(C)(C#N)CCOc1ccc(Br)cc1CNC1CC1. The summed E-state index contributed by atoms with van der Waals surface area (Å²) in [5, 5.41) is 12.5. The molecule has 4 heteroatoms. The van der Waals surface area contributed by atoms with Crippen LogP contribution in [0.25, 0.3) is 0 Å². The molecule has 0 heterocycles. The molecule has 20 heavy (non-hydrogen) atoms. The molecular formula is C16H21BrN2O. The van der Waals surface area contributed by atoms with Gasteiger partial charge in [-0.25, -0.2) is 0 Å². The molecule has 0 saturated heterocycles. The minimum absolute atomic E-state index is 0.332. The first-order chi connectivity index (χ1) is 9.50. The molecule has 0 spiro atoms. The average molecular weight is 337 g/mol. The Morgan fingerprint density at radius 2 is 2.20 bits per heavy atom. The van der Waals surface area contributed by atoms with Gasteiger partial charge in [-0.2, -0.15) is 5.26 Å². The maximum Gasteiger partial charge on any atom is 0.123 e. The van der Waals surface area contributed by atoms with Crippen molar-refractivity contribution >= 4 is 15.9 Å². The van der Waals surface area contributed by atoms with Gasteiger partial charge in [0.15, 0.2) is 0 Å². The van der Waals surface area contributed by atoms with Gasteiger partial charge in [0.05, 0.1) is 18.1 Å². The van der Waals surface area contributed by atoms with Crippen LogP contribution in [0.15, 0.2) is 22.7 Å². The average Bonchev–Trinajstić information content (AvgIpc) is 3.22. The lowest BCUT2D eigenvalue weighted by molar-refractivity contribution is 0.262. The van der Waals surface area contributed by atoms with E-state index in [0.717, 1.165) is 23.2 Å². The molecule has 1 fully saturated rings. The molecule has 1 saturated carbocycles. The molecule has 0 aromatic heterocycles. The lowest BCUT2D eigenvalue weighted by atomic mass is 9.92. The molecule has 0 aliphatic heterocycles. The number of hydrogen-bond donors (Lipinski definition) is 1. The number of halogens is 1. The van der Waals surface area contributed by atoms with Crippen LogP contribution in [0.2, 0.25) is 0 Å². The van der Waals surface area contributed by atoms with E-state index in [2.05, 4.69) is 33.4 Å². The number of nitriles is 1. The summed E-state index contributed by atoms with van der Waals surface area (Å²) in [6, 6.07) is 9.06. The Labute approximate surface area is 129 Å². The Balaban J connectivity index is 1.93. The maximum atomic E-state index is 9.01. The fourth-order valence-electron chi connectivity index (χ4n) is 1.84. The van der Waals surface area contributed by atoms with Gasteiger partial charge in [0, 0.05) is 22.6 Å². The third-order valence-electron chi connectivity index (χ3n) is 3.47. The summed E-state index contributed by atoms with van der Waals surface area (Å²) in [6.07, 6.45) is 3.29. The zero-order valence-electron chi connectivity index (χ0n) is 12.1. The summed E-state index contributed by atoms with van der Waals surface area (Å²) >= 11 is 3.50. The Morgan fingerprint density at radius 3 is 2.85 bits per heavy atom. The number of rotatable bonds is 7. The van der Waals surface area contributed by atoms with Gasteiger partial charge in [-0.1, -0.05) is 15.9 Å². The van der Waals surface area contributed by atoms with Crippen molar-refractivity contribution < 1.29 is 4.74 Å². The first kappa shape index (κ1) is 15.3. The van der Waals surface area contributed by atoms with Crippen molar-refractivity contribution in [2.75, 3.05) is 6.61 Å². The highest BCUT2D eigenvalue weighted by molar-refractivity contribution is 9.10. The summed E-state index contributed by atoms with van der Waals surface area (Å²) in [4.78, 5) is 0. The summed E-state index contributed by atoms with van der Waals surface area (Å²) in [7, 11) is 0. The molecule has 1 aliphatic rings. The molecule has 0 bridgehead atoms. The summed E-state index contributed by atoms with van der Waals surface area (Å²) in [6.45, 7) is 5.28. The van der Waals surface area contributed by atoms with Crippen molar-refractivity contribution in [2.45, 2.75) is 45.7 Å². The molecule has 0 radical (unpaired) electrons. The van der Waals surface area contributed by atoms with Crippen LogP contribution in [0.4, 0.5) is 0 Å². The number of nitrogens with zero attached hydrogens (tertiary/aromatic N) is 1. The predicted octanol–water partition coefficient (Wildman–Crippen LogP) is 4.02. The standard InChI is InChI=1S/C16H21BrN2O/c1-16(2,11-18)7-8-20-15-6-3-13(17)9-12(15)10-19-14-4-5-14/h3,6,9,14,19H,4-5,7-8,10H2,1-2H3. The Bertz CT molecular complexity index is 504. The van der Waals surface area contributed by atoms with E-state index in [1.165, 1.54) is 18.4 Å². The van der Waals surface area contributed by atoms with Crippen LogP contribution in [-0.2, 0) is 6.54 Å². The van der Waals surface area contributed by atoms with E-state index in [0.29, 0.717) is 12.6 Å². The number of hydrogen-bond acceptors (Lipinski definition) is 3. The van der Waals surface area contributed by atoms with Crippen LogP contribution in [0, 0.1) is 16.7 Å². The predicted molar refractivity (Wildman–Crippen MR) is 83.5 cm³/mol. The Kier molecular flexibility index (Phi) is 5.06. The van der Waals surface area contributed by atoms with Crippen molar-refractivity contribution in [2.24, 2.45) is 5.41 Å². The number of benzene rings is 1. The van der Waals surface area contributed by atoms with Crippen LogP contribution in [-0.4, -0.2) is 12.6 Å². The normalized spacial score (nSPS) is 14.9. The van der Waals surface area contributed by atoms with Crippen molar-refractivity contribution in [3.05, 3.63) is 28.2 Å². The van der Waals surface area contributed by atoms with Crippen molar-refractivity contribution in [1.82, 2.24) is 5.32 Å². The van der Waals surface area contributed by atoms with E-state index in [1.807, 2.05) is 26.0 Å². The molecule has 3 nitrogen and oxygen atoms in total. The molecule has 0 unspecified atom stereocenters. The molecular weight excluding hydrogens is 316 g/mol. The van der Waals surface area contributed by atoms with Gasteiger partial charge in [0.1, 0.15) is 5.75 Å². The minimum atomic E-state index is -0.332. The quantitative estimate of drug-likeness (QED) is 0.817. The van der Waals surface area contributed by atoms with E-state index in [-0.39, 0.29) is 5.41 Å². The van der Waals surface area contributed by atoms with Gasteiger partial charge in [0.25, 0.3) is 0 Å². The van der Waals surface area contributed by atoms with Crippen molar-refractivity contribution in [3.8, 4) is 11.8 Å². The van der Waals surface area contributed by atoms with Gasteiger partial charge >= 0.3 is 0 Å².